The molecule has 1 saturated heterocycles. The Balaban J connectivity index is 1.26. The van der Waals surface area contributed by atoms with E-state index < -0.39 is 16.1 Å². The molecule has 2 aliphatic heterocycles. The van der Waals surface area contributed by atoms with Crippen LogP contribution in [0.2, 0.25) is 0 Å². The van der Waals surface area contributed by atoms with E-state index >= 15 is 0 Å². The van der Waals surface area contributed by atoms with Crippen LogP contribution in [0.15, 0.2) is 53.4 Å². The van der Waals surface area contributed by atoms with Gasteiger partial charge in [0.25, 0.3) is 5.91 Å². The van der Waals surface area contributed by atoms with Crippen molar-refractivity contribution in [1.29, 1.82) is 0 Å². The molecule has 31 heavy (non-hydrogen) atoms. The second-order valence-electron chi connectivity index (χ2n) is 9.42. The number of nitrogens with zero attached hydrogens (tertiary/aromatic N) is 2. The molecular weight excluding hydrogens is 412 g/mol. The van der Waals surface area contributed by atoms with Crippen LogP contribution in [0.4, 0.5) is 5.69 Å². The smallest absolute Gasteiger partial charge is 0.258 e. The molecule has 7 heteroatoms. The van der Waals surface area contributed by atoms with Crippen LogP contribution in [0.5, 0.6) is 0 Å². The summed E-state index contributed by atoms with van der Waals surface area (Å²) in [5, 5.41) is 10.6. The summed E-state index contributed by atoms with van der Waals surface area (Å²) < 4.78 is 28.2. The largest absolute Gasteiger partial charge is 0.391 e. The highest BCUT2D eigenvalue weighted by molar-refractivity contribution is 7.89. The summed E-state index contributed by atoms with van der Waals surface area (Å²) >= 11 is 0. The van der Waals surface area contributed by atoms with Gasteiger partial charge in [-0.05, 0) is 79.3 Å². The molecule has 6 nitrogen and oxygen atoms in total. The van der Waals surface area contributed by atoms with E-state index in [0.29, 0.717) is 24.6 Å². The number of benzene rings is 2. The lowest BCUT2D eigenvalue weighted by atomic mass is 9.88. The van der Waals surface area contributed by atoms with Crippen molar-refractivity contribution in [3.8, 4) is 0 Å². The van der Waals surface area contributed by atoms with Gasteiger partial charge in [0.1, 0.15) is 0 Å². The van der Waals surface area contributed by atoms with Crippen molar-refractivity contribution < 1.29 is 18.3 Å². The molecule has 1 N–H and O–H groups in total. The number of sulfonamides is 1. The van der Waals surface area contributed by atoms with Gasteiger partial charge in [-0.2, -0.15) is 4.31 Å². The summed E-state index contributed by atoms with van der Waals surface area (Å²) in [6, 6.07) is 14.0. The van der Waals surface area contributed by atoms with E-state index in [-0.39, 0.29) is 28.7 Å². The van der Waals surface area contributed by atoms with Gasteiger partial charge in [-0.1, -0.05) is 18.2 Å². The van der Waals surface area contributed by atoms with Crippen LogP contribution in [0, 0.1) is 17.8 Å². The number of rotatable bonds is 3. The van der Waals surface area contributed by atoms with E-state index in [1.807, 2.05) is 18.2 Å². The Bertz CT molecular complexity index is 1140. The Kier molecular flexibility index (Phi) is 4.32. The Morgan fingerprint density at radius 2 is 1.77 bits per heavy atom. The van der Waals surface area contributed by atoms with Gasteiger partial charge in [0, 0.05) is 24.3 Å². The molecule has 3 fully saturated rings. The van der Waals surface area contributed by atoms with Gasteiger partial charge in [0.15, 0.2) is 0 Å². The fourth-order valence-electron chi connectivity index (χ4n) is 6.44. The molecule has 2 saturated carbocycles. The van der Waals surface area contributed by atoms with Crippen molar-refractivity contribution >= 4 is 21.6 Å². The lowest BCUT2D eigenvalue weighted by Crippen LogP contribution is -2.43. The van der Waals surface area contributed by atoms with E-state index in [4.69, 9.17) is 0 Å². The molecule has 0 spiro atoms. The summed E-state index contributed by atoms with van der Waals surface area (Å²) in [4.78, 5) is 15.1. The zero-order valence-electron chi connectivity index (χ0n) is 17.2. The van der Waals surface area contributed by atoms with Crippen molar-refractivity contribution in [3.63, 3.8) is 0 Å². The normalized spacial score (nSPS) is 31.8. The Labute approximate surface area is 182 Å². The van der Waals surface area contributed by atoms with Gasteiger partial charge in [-0.25, -0.2) is 8.42 Å². The third-order valence-corrected chi connectivity index (χ3v) is 9.75. The van der Waals surface area contributed by atoms with E-state index in [1.54, 1.807) is 17.0 Å². The van der Waals surface area contributed by atoms with Crippen molar-refractivity contribution in [2.75, 3.05) is 18.0 Å². The fourth-order valence-corrected chi connectivity index (χ4v) is 8.18. The Morgan fingerprint density at radius 3 is 2.55 bits per heavy atom. The van der Waals surface area contributed by atoms with Crippen molar-refractivity contribution in [2.24, 2.45) is 17.8 Å². The first-order chi connectivity index (χ1) is 14.9. The topological polar surface area (TPSA) is 77.9 Å². The Hall–Kier alpha value is -2.22. The second kappa shape index (κ2) is 6.89. The second-order valence-corrected chi connectivity index (χ2v) is 11.3. The van der Waals surface area contributed by atoms with Gasteiger partial charge in [-0.3, -0.25) is 4.79 Å². The van der Waals surface area contributed by atoms with Gasteiger partial charge in [-0.15, -0.1) is 0 Å². The highest BCUT2D eigenvalue weighted by Gasteiger charge is 2.61. The zero-order valence-corrected chi connectivity index (χ0v) is 18.0. The number of hydrogen-bond acceptors (Lipinski definition) is 4. The quantitative estimate of drug-likeness (QED) is 0.799. The van der Waals surface area contributed by atoms with E-state index in [0.717, 1.165) is 31.4 Å². The van der Waals surface area contributed by atoms with E-state index in [9.17, 15) is 18.3 Å². The molecule has 2 aromatic rings. The number of aliphatic hydroxyl groups excluding tert-OH is 1. The molecule has 5 atom stereocenters. The number of para-hydroxylation sites is 1. The summed E-state index contributed by atoms with van der Waals surface area (Å²) in [6.45, 7) is 1.16. The van der Waals surface area contributed by atoms with Crippen LogP contribution in [0.1, 0.15) is 35.2 Å². The van der Waals surface area contributed by atoms with E-state index in [2.05, 4.69) is 6.07 Å². The number of carbonyl (C=O) groups excluding carboxylic acids is 1. The number of amides is 1. The average Bonchev–Trinajstić information content (AvgIpc) is 3.42. The first-order valence-corrected chi connectivity index (χ1v) is 12.6. The molecule has 5 unspecified atom stereocenters. The number of fused-ring (bicyclic) bond motifs is 2. The lowest BCUT2D eigenvalue weighted by molar-refractivity contribution is 0.0731. The molecular formula is C24H26N2O4S. The average molecular weight is 439 g/mol. The van der Waals surface area contributed by atoms with Crippen molar-refractivity contribution in [2.45, 2.75) is 42.7 Å². The summed E-state index contributed by atoms with van der Waals surface area (Å²) in [5.41, 5.74) is 2.59. The fraction of sp³-hybridized carbons (Fsp3) is 0.458. The van der Waals surface area contributed by atoms with Gasteiger partial charge in [0.2, 0.25) is 10.0 Å². The standard InChI is InChI=1S/C24H26N2O4S/c27-23-17-12-18-14-26(22(23)20(18)13-17)31(29,30)19-9-7-16(8-10-19)24(28)25-11-3-5-15-4-1-2-6-21(15)25/h1-2,4,6-10,17-18,20,22-23,27H,3,5,11-14H2. The molecule has 1 amide bonds. The van der Waals surface area contributed by atoms with Gasteiger partial charge < -0.3 is 10.0 Å². The van der Waals surface area contributed by atoms with Crippen LogP contribution in [0.25, 0.3) is 0 Å². The van der Waals surface area contributed by atoms with Crippen LogP contribution in [0.3, 0.4) is 0 Å². The lowest BCUT2D eigenvalue weighted by Gasteiger charge is -2.30. The van der Waals surface area contributed by atoms with Crippen LogP contribution < -0.4 is 4.90 Å². The molecule has 2 bridgehead atoms. The molecule has 4 aliphatic rings. The molecule has 2 heterocycles. The van der Waals surface area contributed by atoms with Crippen LogP contribution in [-0.4, -0.2) is 49.0 Å². The monoisotopic (exact) mass is 438 g/mol. The molecule has 0 radical (unpaired) electrons. The number of hydrogen-bond donors (Lipinski definition) is 1. The number of aliphatic hydroxyl groups is 1. The SMILES string of the molecule is O=C(c1ccc(S(=O)(=O)N2CC3CC4CC3C2C4O)cc1)N1CCCc2ccccc21. The third kappa shape index (κ3) is 2.83. The minimum atomic E-state index is -3.70. The molecule has 0 aromatic heterocycles. The third-order valence-electron chi connectivity index (χ3n) is 7.87. The maximum absolute atomic E-state index is 13.4. The predicted octanol–water partition coefficient (Wildman–Crippen LogP) is 2.67. The maximum atomic E-state index is 13.4. The molecule has 2 aromatic carbocycles. The van der Waals surface area contributed by atoms with Crippen LogP contribution >= 0.6 is 0 Å². The number of aryl methyl sites for hydroxylation is 1. The molecule has 2 aliphatic carbocycles. The summed E-state index contributed by atoms with van der Waals surface area (Å²) in [7, 11) is -3.70. The number of carbonyl (C=O) groups is 1. The van der Waals surface area contributed by atoms with E-state index in [1.165, 1.54) is 22.0 Å². The molecule has 6 rings (SSSR count). The van der Waals surface area contributed by atoms with Crippen LogP contribution in [-0.2, 0) is 16.4 Å². The van der Waals surface area contributed by atoms with Crippen molar-refractivity contribution in [1.82, 2.24) is 4.31 Å². The first kappa shape index (κ1) is 19.5. The number of anilines is 1. The highest BCUT2D eigenvalue weighted by Crippen LogP contribution is 2.56. The summed E-state index contributed by atoms with van der Waals surface area (Å²) in [6.07, 6.45) is 3.19. The van der Waals surface area contributed by atoms with Gasteiger partial charge in [0.05, 0.1) is 17.0 Å². The van der Waals surface area contributed by atoms with Gasteiger partial charge >= 0.3 is 0 Å². The predicted molar refractivity (Wildman–Crippen MR) is 116 cm³/mol. The molecule has 162 valence electrons. The minimum Gasteiger partial charge on any atom is -0.391 e. The highest BCUT2D eigenvalue weighted by atomic mass is 32.2. The van der Waals surface area contributed by atoms with Crippen molar-refractivity contribution in [3.05, 3.63) is 59.7 Å². The minimum absolute atomic E-state index is 0.107. The first-order valence-electron chi connectivity index (χ1n) is 11.1. The Morgan fingerprint density at radius 1 is 1.00 bits per heavy atom. The summed E-state index contributed by atoms with van der Waals surface area (Å²) in [5.74, 6) is 0.792. The maximum Gasteiger partial charge on any atom is 0.258 e. The zero-order chi connectivity index (χ0) is 21.3.